The summed E-state index contributed by atoms with van der Waals surface area (Å²) in [4.78, 5) is 38.7. The number of aryl methyl sites for hydroxylation is 1. The topological polar surface area (TPSA) is 123 Å². The predicted octanol–water partition coefficient (Wildman–Crippen LogP) is 4.38. The fraction of sp³-hybridized carbons (Fsp3) is 0.440. The van der Waals surface area contributed by atoms with E-state index in [0.717, 1.165) is 23.5 Å². The van der Waals surface area contributed by atoms with Crippen LogP contribution < -0.4 is 9.79 Å². The number of nitrogens with one attached hydrogen (secondary N) is 1. The second-order valence-corrected chi connectivity index (χ2v) is 11.9. The molecule has 0 saturated carbocycles. The first-order valence-electron chi connectivity index (χ1n) is 11.9. The van der Waals surface area contributed by atoms with Crippen LogP contribution in [0.1, 0.15) is 68.8 Å². The first kappa shape index (κ1) is 28.5. The molecule has 0 aliphatic rings. The van der Waals surface area contributed by atoms with E-state index in [4.69, 9.17) is 16.4 Å². The summed E-state index contributed by atoms with van der Waals surface area (Å²) in [6.45, 7) is 9.54. The second-order valence-electron chi connectivity index (χ2n) is 9.65. The zero-order valence-electron chi connectivity index (χ0n) is 21.6. The van der Waals surface area contributed by atoms with Crippen molar-refractivity contribution in [3.8, 4) is 0 Å². The second kappa shape index (κ2) is 11.6. The van der Waals surface area contributed by atoms with Gasteiger partial charge in [-0.25, -0.2) is 23.1 Å². The number of nitrogens with zero attached hydrogens (tertiary/aromatic N) is 4. The highest BCUT2D eigenvalue weighted by molar-refractivity contribution is 7.90. The van der Waals surface area contributed by atoms with E-state index < -0.39 is 21.5 Å². The van der Waals surface area contributed by atoms with Gasteiger partial charge in [0.1, 0.15) is 17.0 Å². The largest absolute Gasteiger partial charge is 0.308 e. The summed E-state index contributed by atoms with van der Waals surface area (Å²) < 4.78 is 28.4. The number of aromatic nitrogens is 3. The highest BCUT2D eigenvalue weighted by atomic mass is 35.5. The Morgan fingerprint density at radius 2 is 1.92 bits per heavy atom. The minimum atomic E-state index is -3.76. The lowest BCUT2D eigenvalue weighted by Crippen LogP contribution is -2.33. The Labute approximate surface area is 222 Å². The molecule has 2 aromatic heterocycles. The molecule has 1 N–H and O–H groups in total. The third-order valence-corrected chi connectivity index (χ3v) is 7.04. The Morgan fingerprint density at radius 1 is 1.19 bits per heavy atom. The van der Waals surface area contributed by atoms with E-state index in [1.165, 1.54) is 6.07 Å². The number of hydroxylamine groups is 1. The van der Waals surface area contributed by atoms with E-state index in [1.54, 1.807) is 35.8 Å². The fourth-order valence-electron chi connectivity index (χ4n) is 3.62. The van der Waals surface area contributed by atoms with Gasteiger partial charge < -0.3 is 4.57 Å². The first-order valence-corrected chi connectivity index (χ1v) is 14.0. The van der Waals surface area contributed by atoms with Crippen molar-refractivity contribution in [2.45, 2.75) is 66.0 Å². The Hall–Kier alpha value is -3.02. The molecule has 37 heavy (non-hydrogen) atoms. The molecule has 2 amide bonds. The number of carbonyl (C=O) groups is 2. The van der Waals surface area contributed by atoms with Crippen molar-refractivity contribution in [1.82, 2.24) is 19.3 Å². The molecule has 0 saturated heterocycles. The molecule has 1 aromatic carbocycles. The number of pyridine rings is 1. The number of imidazole rings is 1. The number of hydrogen-bond acceptors (Lipinski definition) is 7. The van der Waals surface area contributed by atoms with E-state index >= 15 is 0 Å². The van der Waals surface area contributed by atoms with Gasteiger partial charge in [0.15, 0.2) is 5.65 Å². The summed E-state index contributed by atoms with van der Waals surface area (Å²) in [5, 5.41) is 1.52. The van der Waals surface area contributed by atoms with E-state index in [0.29, 0.717) is 40.5 Å². The summed E-state index contributed by atoms with van der Waals surface area (Å²) in [6.07, 6.45) is 2.69. The van der Waals surface area contributed by atoms with Gasteiger partial charge in [0.2, 0.25) is 16.4 Å². The summed E-state index contributed by atoms with van der Waals surface area (Å²) in [5.41, 5.74) is 1.56. The van der Waals surface area contributed by atoms with Gasteiger partial charge in [0.25, 0.3) is 5.91 Å². The molecular formula is C25H32ClN5O5S. The smallest absolute Gasteiger partial charge is 0.283 e. The number of halogens is 1. The van der Waals surface area contributed by atoms with Crippen molar-refractivity contribution >= 4 is 50.8 Å². The molecule has 3 aromatic rings. The lowest BCUT2D eigenvalue weighted by atomic mass is 10.2. The molecule has 0 spiro atoms. The van der Waals surface area contributed by atoms with Gasteiger partial charge in [-0.1, -0.05) is 37.4 Å². The van der Waals surface area contributed by atoms with Crippen molar-refractivity contribution in [3.63, 3.8) is 0 Å². The van der Waals surface area contributed by atoms with Gasteiger partial charge in [-0.15, -0.1) is 0 Å². The SMILES string of the molecule is CCCCCS(=O)(=O)NC(=O)c1ccc2nc(C)n(Cc3ccc(N(C=O)OC(C)(C)C)cc3Cl)c2n1. The van der Waals surface area contributed by atoms with Gasteiger partial charge >= 0.3 is 0 Å². The Kier molecular flexibility index (Phi) is 8.93. The number of fused-ring (bicyclic) bond motifs is 1. The highest BCUT2D eigenvalue weighted by Gasteiger charge is 2.21. The highest BCUT2D eigenvalue weighted by Crippen LogP contribution is 2.27. The van der Waals surface area contributed by atoms with Crippen molar-refractivity contribution < 1.29 is 22.8 Å². The lowest BCUT2D eigenvalue weighted by Gasteiger charge is -2.26. The summed E-state index contributed by atoms with van der Waals surface area (Å²) >= 11 is 6.55. The number of rotatable bonds is 11. The zero-order valence-corrected chi connectivity index (χ0v) is 23.2. The number of benzene rings is 1. The van der Waals surface area contributed by atoms with Gasteiger partial charge in [-0.05, 0) is 63.9 Å². The molecule has 0 aliphatic heterocycles. The van der Waals surface area contributed by atoms with Gasteiger partial charge in [0.05, 0.1) is 23.6 Å². The van der Waals surface area contributed by atoms with E-state index in [1.807, 2.05) is 27.7 Å². The van der Waals surface area contributed by atoms with Crippen LogP contribution in [0.3, 0.4) is 0 Å². The van der Waals surface area contributed by atoms with Gasteiger partial charge in [-0.3, -0.25) is 14.4 Å². The maximum absolute atomic E-state index is 12.6. The van der Waals surface area contributed by atoms with Crippen LogP contribution in [0.5, 0.6) is 0 Å². The lowest BCUT2D eigenvalue weighted by molar-refractivity contribution is -0.120. The molecule has 200 valence electrons. The maximum atomic E-state index is 12.6. The summed E-state index contributed by atoms with van der Waals surface area (Å²) in [7, 11) is -3.76. The summed E-state index contributed by atoms with van der Waals surface area (Å²) in [5.74, 6) is -0.278. The number of carbonyl (C=O) groups excluding carboxylic acids is 2. The third-order valence-electron chi connectivity index (χ3n) is 5.37. The van der Waals surface area contributed by atoms with Crippen LogP contribution in [0.15, 0.2) is 30.3 Å². The molecule has 12 heteroatoms. The van der Waals surface area contributed by atoms with Crippen LogP contribution in [0.25, 0.3) is 11.2 Å². The van der Waals surface area contributed by atoms with Gasteiger partial charge in [0, 0.05) is 5.02 Å². The molecule has 3 rings (SSSR count). The molecule has 10 nitrogen and oxygen atoms in total. The number of sulfonamides is 1. The normalized spacial score (nSPS) is 12.1. The van der Waals surface area contributed by atoms with E-state index in [2.05, 4.69) is 14.7 Å². The molecule has 0 unspecified atom stereocenters. The molecule has 0 aliphatic carbocycles. The number of amides is 2. The van der Waals surface area contributed by atoms with Crippen LogP contribution in [0, 0.1) is 6.92 Å². The van der Waals surface area contributed by atoms with Crippen molar-refractivity contribution in [2.24, 2.45) is 0 Å². The molecule has 0 bridgehead atoms. The quantitative estimate of drug-likeness (QED) is 0.214. The Morgan fingerprint density at radius 3 is 2.54 bits per heavy atom. The number of hydrogen-bond donors (Lipinski definition) is 1. The Bertz CT molecular complexity index is 1400. The maximum Gasteiger partial charge on any atom is 0.283 e. The minimum absolute atomic E-state index is 0.0323. The van der Waals surface area contributed by atoms with Crippen LogP contribution in [-0.4, -0.2) is 46.6 Å². The number of unbranched alkanes of at least 4 members (excludes halogenated alkanes) is 2. The van der Waals surface area contributed by atoms with E-state index in [-0.39, 0.29) is 18.0 Å². The monoisotopic (exact) mass is 549 g/mol. The zero-order chi connectivity index (χ0) is 27.4. The van der Waals surface area contributed by atoms with Crippen molar-refractivity contribution in [3.05, 3.63) is 52.4 Å². The molecule has 2 heterocycles. The molecule has 0 fully saturated rings. The van der Waals surface area contributed by atoms with Crippen LogP contribution in [0.2, 0.25) is 5.02 Å². The van der Waals surface area contributed by atoms with Gasteiger partial charge in [-0.2, -0.15) is 5.06 Å². The van der Waals surface area contributed by atoms with Crippen LogP contribution in [-0.2, 0) is 26.2 Å². The summed E-state index contributed by atoms with van der Waals surface area (Å²) in [6, 6.07) is 8.18. The fourth-order valence-corrected chi connectivity index (χ4v) is 4.93. The van der Waals surface area contributed by atoms with Crippen molar-refractivity contribution in [2.75, 3.05) is 10.8 Å². The number of anilines is 1. The average Bonchev–Trinajstić information content (AvgIpc) is 3.12. The molecule has 0 atom stereocenters. The molecule has 0 radical (unpaired) electrons. The van der Waals surface area contributed by atoms with Crippen LogP contribution >= 0.6 is 11.6 Å². The van der Waals surface area contributed by atoms with Crippen molar-refractivity contribution in [1.29, 1.82) is 0 Å². The Balaban J connectivity index is 1.86. The standard InChI is InChI=1S/C25H32ClN5O5S/c1-6-7-8-13-37(34,35)29-24(33)22-12-11-21-23(28-22)30(17(2)27-21)15-18-9-10-19(14-20(18)26)31(16-32)36-25(3,4)5/h9-12,14,16H,6-8,13,15H2,1-5H3,(H,29,33). The first-order chi connectivity index (χ1) is 17.3. The van der Waals surface area contributed by atoms with Crippen LogP contribution in [0.4, 0.5) is 5.69 Å². The molecular weight excluding hydrogens is 518 g/mol. The van der Waals surface area contributed by atoms with E-state index in [9.17, 15) is 18.0 Å². The third kappa shape index (κ3) is 7.50. The minimum Gasteiger partial charge on any atom is -0.308 e. The average molecular weight is 550 g/mol. The predicted molar refractivity (Wildman–Crippen MR) is 143 cm³/mol.